The Labute approximate surface area is 31.3 Å². The first-order chi connectivity index (χ1) is 2.27. The predicted octanol–water partition coefficient (Wildman–Crippen LogP) is 0.672. The van der Waals surface area contributed by atoms with Gasteiger partial charge in [0.25, 0.3) is 0 Å². The second-order valence-corrected chi connectivity index (χ2v) is 0.882. The van der Waals surface area contributed by atoms with Crippen LogP contribution in [0.5, 0.6) is 0 Å². The van der Waals surface area contributed by atoms with E-state index in [2.05, 4.69) is 6.58 Å². The third kappa shape index (κ3) is 3.41. The van der Waals surface area contributed by atoms with E-state index in [0.717, 1.165) is 0 Å². The summed E-state index contributed by atoms with van der Waals surface area (Å²) in [5, 5.41) is 0. The number of carbonyl (C=O) groups excluding carboxylic acids is 1. The molecule has 0 aliphatic rings. The zero-order valence-electron chi connectivity index (χ0n) is 3.12. The highest BCUT2D eigenvalue weighted by Crippen LogP contribution is 1.71. The lowest BCUT2D eigenvalue weighted by Crippen LogP contribution is -1.64. The highest BCUT2D eigenvalue weighted by molar-refractivity contribution is 5.71. The van der Waals surface area contributed by atoms with Gasteiger partial charge in [0.15, 0.2) is 0 Å². The molecule has 0 atom stereocenters. The van der Waals surface area contributed by atoms with E-state index in [4.69, 9.17) is 0 Å². The number of rotatable bonds is 1. The van der Waals surface area contributed by atoms with Crippen LogP contribution in [0.2, 0.25) is 0 Å². The zero-order valence-corrected chi connectivity index (χ0v) is 3.12. The lowest BCUT2D eigenvalue weighted by molar-refractivity contribution is 0.562. The first-order valence-electron chi connectivity index (χ1n) is 1.31. The summed E-state index contributed by atoms with van der Waals surface area (Å²) >= 11 is 0. The van der Waals surface area contributed by atoms with Gasteiger partial charge in [-0.1, -0.05) is 6.58 Å². The third-order valence-corrected chi connectivity index (χ3v) is 0.174. The molecule has 0 amide bonds. The Bertz CT molecular complexity index is 54.7. The van der Waals surface area contributed by atoms with E-state index in [9.17, 15) is 4.79 Å². The average Bonchev–Trinajstić information content (AvgIpc) is 1.38. The Morgan fingerprint density at radius 2 is 2.20 bits per heavy atom. The van der Waals surface area contributed by atoms with Crippen LogP contribution in [0.4, 0.5) is 0 Å². The molecule has 1 heteroatoms. The smallest absolute Gasteiger partial charge is 0.228 e. The van der Waals surface area contributed by atoms with Crippen molar-refractivity contribution >= 4 is 6.29 Å². The second-order valence-electron chi connectivity index (χ2n) is 0.882. The number of hydrogen-bond acceptors (Lipinski definition) is 1. The van der Waals surface area contributed by atoms with Crippen molar-refractivity contribution in [1.29, 1.82) is 0 Å². The minimum absolute atomic E-state index is 0.449. The van der Waals surface area contributed by atoms with Gasteiger partial charge in [0.05, 0.1) is 0 Å². The fourth-order valence-electron chi connectivity index (χ4n) is 0. The van der Waals surface area contributed by atoms with Crippen LogP contribution in [0, 0.1) is 0 Å². The molecule has 0 aromatic carbocycles. The summed E-state index contributed by atoms with van der Waals surface area (Å²) in [4.78, 5) is 9.28. The molecule has 0 aliphatic heterocycles. The summed E-state index contributed by atoms with van der Waals surface area (Å²) in [7, 11) is 0. The fraction of sp³-hybridized carbons (Fsp3) is 0.250. The maximum Gasteiger partial charge on any atom is 0.228 e. The summed E-state index contributed by atoms with van der Waals surface area (Å²) in [6.07, 6.45) is 1.58. The van der Waals surface area contributed by atoms with Gasteiger partial charge in [-0.2, -0.15) is 0 Å². The molecule has 1 nitrogen and oxygen atoms in total. The van der Waals surface area contributed by atoms with Crippen LogP contribution in [0.3, 0.4) is 0 Å². The highest BCUT2D eigenvalue weighted by Gasteiger charge is 1.69. The van der Waals surface area contributed by atoms with Gasteiger partial charge in [-0.3, -0.25) is 4.79 Å². The zero-order chi connectivity index (χ0) is 4.28. The molecule has 0 saturated heterocycles. The molecule has 0 spiro atoms. The molecule has 0 aromatic rings. The highest BCUT2D eigenvalue weighted by atomic mass is 16.1. The van der Waals surface area contributed by atoms with Crippen LogP contribution in [0.25, 0.3) is 0 Å². The monoisotopic (exact) mass is 69.0 g/mol. The summed E-state index contributed by atoms with van der Waals surface area (Å²) < 4.78 is 0. The van der Waals surface area contributed by atoms with E-state index in [1.54, 1.807) is 13.2 Å². The summed E-state index contributed by atoms with van der Waals surface area (Å²) in [6, 6.07) is 0. The van der Waals surface area contributed by atoms with Crippen LogP contribution >= 0.6 is 0 Å². The summed E-state index contributed by atoms with van der Waals surface area (Å²) in [6.45, 7) is 4.85. The van der Waals surface area contributed by atoms with Crippen molar-refractivity contribution in [2.24, 2.45) is 0 Å². The van der Waals surface area contributed by atoms with E-state index < -0.39 is 0 Å². The van der Waals surface area contributed by atoms with Crippen LogP contribution in [-0.4, -0.2) is 6.29 Å². The van der Waals surface area contributed by atoms with E-state index in [0.29, 0.717) is 5.57 Å². The standard InChI is InChI=1S/C4H5O/c1-4(2)3-5/h1H2,2H3. The van der Waals surface area contributed by atoms with Gasteiger partial charge in [0, 0.05) is 0 Å². The first-order valence-corrected chi connectivity index (χ1v) is 1.31. The van der Waals surface area contributed by atoms with E-state index in [1.807, 2.05) is 0 Å². The van der Waals surface area contributed by atoms with Gasteiger partial charge in [-0.15, -0.1) is 0 Å². The van der Waals surface area contributed by atoms with Gasteiger partial charge in [-0.25, -0.2) is 0 Å². The van der Waals surface area contributed by atoms with Gasteiger partial charge < -0.3 is 0 Å². The minimum atomic E-state index is 0.449. The molecule has 0 unspecified atom stereocenters. The maximum absolute atomic E-state index is 9.28. The molecule has 0 aromatic heterocycles. The Morgan fingerprint density at radius 3 is 2.20 bits per heavy atom. The van der Waals surface area contributed by atoms with E-state index >= 15 is 0 Å². The summed E-state index contributed by atoms with van der Waals surface area (Å²) in [5.41, 5.74) is 0.449. The molecule has 0 saturated carbocycles. The van der Waals surface area contributed by atoms with Crippen molar-refractivity contribution in [3.05, 3.63) is 12.2 Å². The van der Waals surface area contributed by atoms with Gasteiger partial charge >= 0.3 is 0 Å². The Balaban J connectivity index is 3.20. The van der Waals surface area contributed by atoms with Gasteiger partial charge in [0.1, 0.15) is 0 Å². The summed E-state index contributed by atoms with van der Waals surface area (Å²) in [5.74, 6) is 0. The minimum Gasteiger partial charge on any atom is -0.285 e. The van der Waals surface area contributed by atoms with Crippen molar-refractivity contribution in [3.63, 3.8) is 0 Å². The van der Waals surface area contributed by atoms with Crippen LogP contribution in [0.15, 0.2) is 12.2 Å². The average molecular weight is 69.1 g/mol. The fourth-order valence-corrected chi connectivity index (χ4v) is 0. The van der Waals surface area contributed by atoms with Crippen molar-refractivity contribution in [1.82, 2.24) is 0 Å². The molecule has 0 heterocycles. The molecule has 1 radical (unpaired) electrons. The molecule has 27 valence electrons. The van der Waals surface area contributed by atoms with Crippen LogP contribution in [-0.2, 0) is 4.79 Å². The molecular weight excluding hydrogens is 64.0 g/mol. The largest absolute Gasteiger partial charge is 0.285 e. The quantitative estimate of drug-likeness (QED) is 0.413. The van der Waals surface area contributed by atoms with E-state index in [-0.39, 0.29) is 0 Å². The van der Waals surface area contributed by atoms with Gasteiger partial charge in [0.2, 0.25) is 6.29 Å². The van der Waals surface area contributed by atoms with Crippen LogP contribution < -0.4 is 0 Å². The van der Waals surface area contributed by atoms with Crippen molar-refractivity contribution in [2.75, 3.05) is 0 Å². The molecule has 5 heavy (non-hydrogen) atoms. The second kappa shape index (κ2) is 1.70. The molecular formula is C4H5O. The first kappa shape index (κ1) is 4.41. The molecule has 0 rings (SSSR count). The molecule has 0 fully saturated rings. The lowest BCUT2D eigenvalue weighted by Gasteiger charge is -1.63. The van der Waals surface area contributed by atoms with Crippen molar-refractivity contribution in [2.45, 2.75) is 6.92 Å². The SMILES string of the molecule is C=C(C)[C]=O. The molecule has 0 N–H and O–H groups in total. The Morgan fingerprint density at radius 1 is 2.00 bits per heavy atom. The molecule has 0 aliphatic carbocycles. The number of allylic oxidation sites excluding steroid dienone is 1. The number of hydrogen-bond donors (Lipinski definition) is 0. The van der Waals surface area contributed by atoms with Crippen LogP contribution in [0.1, 0.15) is 6.92 Å². The van der Waals surface area contributed by atoms with Crippen molar-refractivity contribution < 1.29 is 4.79 Å². The Hall–Kier alpha value is -0.590. The van der Waals surface area contributed by atoms with E-state index in [1.165, 1.54) is 0 Å². The van der Waals surface area contributed by atoms with Crippen molar-refractivity contribution in [3.8, 4) is 0 Å². The predicted molar refractivity (Wildman–Crippen MR) is 20.5 cm³/mol. The maximum atomic E-state index is 9.28. The Kier molecular flexibility index (Phi) is 1.50. The third-order valence-electron chi connectivity index (χ3n) is 0.174. The molecule has 0 bridgehead atoms. The lowest BCUT2D eigenvalue weighted by atomic mass is 10.4. The normalized spacial score (nSPS) is 6.60. The van der Waals surface area contributed by atoms with Gasteiger partial charge in [-0.05, 0) is 12.5 Å². The topological polar surface area (TPSA) is 17.1 Å².